The molecule has 0 aromatic heterocycles. The Morgan fingerprint density at radius 2 is 2.00 bits per heavy atom. The molecule has 0 radical (unpaired) electrons. The average molecular weight is 330 g/mol. The molecule has 5 nitrogen and oxygen atoms in total. The Hall–Kier alpha value is -1.88. The number of hydrogen-bond acceptors (Lipinski definition) is 4. The van der Waals surface area contributed by atoms with E-state index < -0.39 is 11.4 Å². The molecule has 1 N–H and O–H groups in total. The molecule has 5 heteroatoms. The fourth-order valence-corrected chi connectivity index (χ4v) is 3.58. The molecule has 1 aliphatic carbocycles. The predicted molar refractivity (Wildman–Crippen MR) is 91.1 cm³/mol. The first-order chi connectivity index (χ1) is 11.5. The van der Waals surface area contributed by atoms with Crippen LogP contribution in [-0.2, 0) is 20.9 Å². The minimum Gasteiger partial charge on any atom is -0.468 e. The van der Waals surface area contributed by atoms with Gasteiger partial charge in [-0.05, 0) is 30.7 Å². The molecule has 1 saturated heterocycles. The number of ether oxygens (including phenoxy) is 1. The van der Waals surface area contributed by atoms with Gasteiger partial charge in [0.2, 0.25) is 5.91 Å². The normalized spacial score (nSPS) is 25.8. The summed E-state index contributed by atoms with van der Waals surface area (Å²) < 4.78 is 4.79. The van der Waals surface area contributed by atoms with Crippen LogP contribution in [-0.4, -0.2) is 43.0 Å². The van der Waals surface area contributed by atoms with Crippen molar-refractivity contribution < 1.29 is 14.3 Å². The molecule has 3 rings (SSSR count). The Balaban J connectivity index is 1.53. The quantitative estimate of drug-likeness (QED) is 0.662. The standard InChI is InChI=1S/C19H26N2O3/c1-14-12-21(13-15-6-4-3-5-7-15)11-8-16(14)20-17(22)19(9-10-19)18(23)24-2/h3-7,14,16H,8-13H2,1-2H3,(H,20,22)/t14-,16+/m1/s1. The van der Waals surface area contributed by atoms with Crippen LogP contribution < -0.4 is 5.32 Å². The summed E-state index contributed by atoms with van der Waals surface area (Å²) in [6.07, 6.45) is 2.12. The van der Waals surface area contributed by atoms with Gasteiger partial charge < -0.3 is 10.1 Å². The Bertz CT molecular complexity index is 598. The largest absolute Gasteiger partial charge is 0.468 e. The number of nitrogens with one attached hydrogen (secondary N) is 1. The maximum atomic E-state index is 12.5. The van der Waals surface area contributed by atoms with E-state index in [1.807, 2.05) is 6.07 Å². The SMILES string of the molecule is COC(=O)C1(C(=O)N[C@H]2CCN(Cc3ccccc3)C[C@H]2C)CC1. The van der Waals surface area contributed by atoms with Gasteiger partial charge in [-0.3, -0.25) is 14.5 Å². The van der Waals surface area contributed by atoms with E-state index in [9.17, 15) is 9.59 Å². The molecule has 2 fully saturated rings. The fraction of sp³-hybridized carbons (Fsp3) is 0.579. The second-order valence-corrected chi connectivity index (χ2v) is 7.14. The van der Waals surface area contributed by atoms with Crippen LogP contribution in [0.15, 0.2) is 30.3 Å². The van der Waals surface area contributed by atoms with Crippen LogP contribution in [0.4, 0.5) is 0 Å². The van der Waals surface area contributed by atoms with E-state index in [0.29, 0.717) is 18.8 Å². The van der Waals surface area contributed by atoms with E-state index in [1.54, 1.807) is 0 Å². The van der Waals surface area contributed by atoms with Gasteiger partial charge in [-0.15, -0.1) is 0 Å². The van der Waals surface area contributed by atoms with E-state index in [-0.39, 0.29) is 11.9 Å². The second kappa shape index (κ2) is 6.93. The number of esters is 1. The molecule has 0 spiro atoms. The van der Waals surface area contributed by atoms with Crippen LogP contribution in [0.2, 0.25) is 0 Å². The minimum atomic E-state index is -0.907. The topological polar surface area (TPSA) is 58.6 Å². The monoisotopic (exact) mass is 330 g/mol. The second-order valence-electron chi connectivity index (χ2n) is 7.14. The molecule has 1 saturated carbocycles. The van der Waals surface area contributed by atoms with Crippen LogP contribution >= 0.6 is 0 Å². The summed E-state index contributed by atoms with van der Waals surface area (Å²) in [5, 5.41) is 3.10. The number of rotatable bonds is 5. The smallest absolute Gasteiger partial charge is 0.321 e. The van der Waals surface area contributed by atoms with Crippen molar-refractivity contribution in [2.45, 2.75) is 38.8 Å². The number of likely N-dealkylation sites (tertiary alicyclic amines) is 1. The van der Waals surface area contributed by atoms with Crippen molar-refractivity contribution in [3.8, 4) is 0 Å². The van der Waals surface area contributed by atoms with Crippen molar-refractivity contribution in [2.75, 3.05) is 20.2 Å². The number of carbonyl (C=O) groups excluding carboxylic acids is 2. The van der Waals surface area contributed by atoms with Gasteiger partial charge in [0.1, 0.15) is 5.41 Å². The highest BCUT2D eigenvalue weighted by atomic mass is 16.5. The fourth-order valence-electron chi connectivity index (χ4n) is 3.58. The van der Waals surface area contributed by atoms with Gasteiger partial charge in [0, 0.05) is 25.7 Å². The van der Waals surface area contributed by atoms with Crippen LogP contribution in [0.25, 0.3) is 0 Å². The third kappa shape index (κ3) is 3.46. The zero-order valence-corrected chi connectivity index (χ0v) is 14.5. The van der Waals surface area contributed by atoms with E-state index in [1.165, 1.54) is 12.7 Å². The molecule has 24 heavy (non-hydrogen) atoms. The molecule has 2 atom stereocenters. The zero-order chi connectivity index (χ0) is 17.2. The van der Waals surface area contributed by atoms with Crippen LogP contribution in [0.3, 0.4) is 0 Å². The van der Waals surface area contributed by atoms with Gasteiger partial charge in [0.05, 0.1) is 7.11 Å². The lowest BCUT2D eigenvalue weighted by Gasteiger charge is -2.37. The molecule has 1 amide bonds. The number of carbonyl (C=O) groups is 2. The van der Waals surface area contributed by atoms with Gasteiger partial charge in [-0.1, -0.05) is 37.3 Å². The molecule has 0 bridgehead atoms. The third-order valence-electron chi connectivity index (χ3n) is 5.32. The Morgan fingerprint density at radius 3 is 2.58 bits per heavy atom. The van der Waals surface area contributed by atoms with E-state index in [4.69, 9.17) is 4.74 Å². The molecule has 2 aliphatic rings. The van der Waals surface area contributed by atoms with Crippen LogP contribution in [0, 0.1) is 11.3 Å². The number of amides is 1. The molecule has 1 aromatic carbocycles. The van der Waals surface area contributed by atoms with Gasteiger partial charge in [-0.25, -0.2) is 0 Å². The molecule has 0 unspecified atom stereocenters. The summed E-state index contributed by atoms with van der Waals surface area (Å²) in [4.78, 5) is 26.7. The van der Waals surface area contributed by atoms with E-state index in [0.717, 1.165) is 26.1 Å². The lowest BCUT2D eigenvalue weighted by atomic mass is 9.92. The average Bonchev–Trinajstić information content (AvgIpc) is 3.39. The van der Waals surface area contributed by atoms with Crippen LogP contribution in [0.5, 0.6) is 0 Å². The van der Waals surface area contributed by atoms with Crippen molar-refractivity contribution in [2.24, 2.45) is 11.3 Å². The third-order valence-corrected chi connectivity index (χ3v) is 5.32. The van der Waals surface area contributed by atoms with Crippen molar-refractivity contribution in [1.82, 2.24) is 10.2 Å². The van der Waals surface area contributed by atoms with Gasteiger partial charge >= 0.3 is 5.97 Å². The summed E-state index contributed by atoms with van der Waals surface area (Å²) >= 11 is 0. The van der Waals surface area contributed by atoms with Crippen LogP contribution in [0.1, 0.15) is 31.7 Å². The Labute approximate surface area is 143 Å². The molecular weight excluding hydrogens is 304 g/mol. The summed E-state index contributed by atoms with van der Waals surface area (Å²) in [5.41, 5.74) is 0.408. The van der Waals surface area contributed by atoms with E-state index >= 15 is 0 Å². The number of nitrogens with zero attached hydrogens (tertiary/aromatic N) is 1. The number of piperidine rings is 1. The highest BCUT2D eigenvalue weighted by Crippen LogP contribution is 2.47. The first-order valence-electron chi connectivity index (χ1n) is 8.71. The first kappa shape index (κ1) is 17.0. The highest BCUT2D eigenvalue weighted by Gasteiger charge is 2.58. The summed E-state index contributed by atoms with van der Waals surface area (Å²) in [5.74, 6) is -0.184. The number of hydrogen-bond donors (Lipinski definition) is 1. The lowest BCUT2D eigenvalue weighted by molar-refractivity contribution is -0.152. The summed E-state index contributed by atoms with van der Waals surface area (Å²) in [7, 11) is 1.35. The lowest BCUT2D eigenvalue weighted by Crippen LogP contribution is -2.52. The van der Waals surface area contributed by atoms with Gasteiger partial charge in [0.25, 0.3) is 0 Å². The van der Waals surface area contributed by atoms with Gasteiger partial charge in [-0.2, -0.15) is 0 Å². The zero-order valence-electron chi connectivity index (χ0n) is 14.5. The molecule has 1 aliphatic heterocycles. The minimum absolute atomic E-state index is 0.131. The van der Waals surface area contributed by atoms with Crippen molar-refractivity contribution in [3.05, 3.63) is 35.9 Å². The maximum absolute atomic E-state index is 12.5. The molecule has 1 aromatic rings. The Morgan fingerprint density at radius 1 is 1.29 bits per heavy atom. The summed E-state index contributed by atoms with van der Waals surface area (Å²) in [6.45, 7) is 5.01. The van der Waals surface area contributed by atoms with E-state index in [2.05, 4.69) is 41.4 Å². The maximum Gasteiger partial charge on any atom is 0.321 e. The predicted octanol–water partition coefficient (Wildman–Crippen LogP) is 1.97. The first-order valence-corrected chi connectivity index (χ1v) is 8.71. The summed E-state index contributed by atoms with van der Waals surface area (Å²) in [6, 6.07) is 10.6. The highest BCUT2D eigenvalue weighted by molar-refractivity contribution is 6.05. The molecule has 1 heterocycles. The van der Waals surface area contributed by atoms with Crippen molar-refractivity contribution >= 4 is 11.9 Å². The van der Waals surface area contributed by atoms with Crippen molar-refractivity contribution in [3.63, 3.8) is 0 Å². The number of benzene rings is 1. The van der Waals surface area contributed by atoms with Gasteiger partial charge in [0.15, 0.2) is 0 Å². The van der Waals surface area contributed by atoms with Crippen molar-refractivity contribution in [1.29, 1.82) is 0 Å². The molecular formula is C19H26N2O3. The molecule has 130 valence electrons. The Kier molecular flexibility index (Phi) is 4.90. The number of methoxy groups -OCH3 is 1.